The van der Waals surface area contributed by atoms with Gasteiger partial charge in [0, 0.05) is 56.0 Å². The first-order chi connectivity index (χ1) is 14.1. The first kappa shape index (κ1) is 20.7. The highest BCUT2D eigenvalue weighted by Crippen LogP contribution is 2.37. The predicted molar refractivity (Wildman–Crippen MR) is 117 cm³/mol. The number of nitrogens with zero attached hydrogens (tertiary/aromatic N) is 4. The van der Waals surface area contributed by atoms with E-state index in [1.54, 1.807) is 0 Å². The molecule has 6 nitrogen and oxygen atoms in total. The normalized spacial score (nSPS) is 23.7. The molecule has 1 unspecified atom stereocenters. The van der Waals surface area contributed by atoms with Gasteiger partial charge in [0.05, 0.1) is 18.8 Å². The number of amides is 2. The van der Waals surface area contributed by atoms with Crippen LogP contribution in [0.1, 0.15) is 26.2 Å². The number of hydrogen-bond acceptors (Lipinski definition) is 5. The minimum Gasteiger partial charge on any atom is -0.342 e. The lowest BCUT2D eigenvalue weighted by molar-refractivity contribution is -0.132. The molecule has 4 rings (SSSR count). The molecule has 0 aliphatic carbocycles. The van der Waals surface area contributed by atoms with E-state index in [1.165, 1.54) is 4.90 Å². The summed E-state index contributed by atoms with van der Waals surface area (Å²) in [6.07, 6.45) is 3.29. The number of benzene rings is 1. The Morgan fingerprint density at radius 2 is 1.52 bits per heavy atom. The number of likely N-dealkylation sites (tertiary alicyclic amines) is 1. The molecule has 2 saturated heterocycles. The van der Waals surface area contributed by atoms with Crippen molar-refractivity contribution >= 4 is 29.3 Å². The predicted octanol–water partition coefficient (Wildman–Crippen LogP) is 2.14. The fourth-order valence-electron chi connectivity index (χ4n) is 4.39. The van der Waals surface area contributed by atoms with Crippen LogP contribution in [0.15, 0.2) is 29.2 Å². The van der Waals surface area contributed by atoms with Crippen LogP contribution >= 0.6 is 11.8 Å². The second-order valence-corrected chi connectivity index (χ2v) is 9.85. The molecule has 0 bridgehead atoms. The molecule has 2 amide bonds. The Morgan fingerprint density at radius 1 is 0.897 bits per heavy atom. The van der Waals surface area contributed by atoms with E-state index in [4.69, 9.17) is 0 Å². The molecular formula is C22H32N4O2S. The summed E-state index contributed by atoms with van der Waals surface area (Å²) >= 11 is 1.87. The van der Waals surface area contributed by atoms with Crippen LogP contribution < -0.4 is 4.90 Å². The number of piperazine rings is 1. The van der Waals surface area contributed by atoms with Crippen LogP contribution in [-0.2, 0) is 9.59 Å². The van der Waals surface area contributed by atoms with Gasteiger partial charge in [-0.3, -0.25) is 19.4 Å². The average Bonchev–Trinajstić information content (AvgIpc) is 3.20. The van der Waals surface area contributed by atoms with Crippen LogP contribution in [0.3, 0.4) is 0 Å². The molecule has 1 aromatic rings. The third kappa shape index (κ3) is 5.13. The van der Waals surface area contributed by atoms with Crippen LogP contribution in [0.4, 0.5) is 5.69 Å². The number of thioether (sulfide) groups is 1. The smallest absolute Gasteiger partial charge is 0.241 e. The number of rotatable bonds is 4. The molecule has 0 aromatic heterocycles. The number of carbonyl (C=O) groups is 2. The zero-order valence-electron chi connectivity index (χ0n) is 17.4. The van der Waals surface area contributed by atoms with Crippen molar-refractivity contribution in [3.63, 3.8) is 0 Å². The van der Waals surface area contributed by atoms with Gasteiger partial charge in [-0.1, -0.05) is 19.1 Å². The van der Waals surface area contributed by atoms with Gasteiger partial charge in [0.2, 0.25) is 11.8 Å². The molecule has 158 valence electrons. The topological polar surface area (TPSA) is 47.1 Å². The van der Waals surface area contributed by atoms with Gasteiger partial charge in [-0.15, -0.1) is 11.8 Å². The summed E-state index contributed by atoms with van der Waals surface area (Å²) in [5, 5.41) is 0.519. The Bertz CT molecular complexity index is 729. The van der Waals surface area contributed by atoms with Crippen molar-refractivity contribution in [3.05, 3.63) is 24.3 Å². The molecule has 3 aliphatic rings. The van der Waals surface area contributed by atoms with Crippen LogP contribution in [-0.4, -0.2) is 90.7 Å². The van der Waals surface area contributed by atoms with E-state index >= 15 is 0 Å². The largest absolute Gasteiger partial charge is 0.342 e. The minimum atomic E-state index is 0.189. The third-order valence-electron chi connectivity index (χ3n) is 6.19. The molecule has 0 spiro atoms. The molecule has 3 heterocycles. The number of hydrogen-bond donors (Lipinski definition) is 0. The van der Waals surface area contributed by atoms with Crippen LogP contribution in [0, 0.1) is 0 Å². The Hall–Kier alpha value is -1.57. The van der Waals surface area contributed by atoms with Crippen molar-refractivity contribution in [3.8, 4) is 0 Å². The van der Waals surface area contributed by atoms with E-state index in [1.807, 2.05) is 27.6 Å². The van der Waals surface area contributed by atoms with E-state index in [0.29, 0.717) is 18.3 Å². The lowest BCUT2D eigenvalue weighted by Gasteiger charge is -2.35. The average molecular weight is 417 g/mol. The van der Waals surface area contributed by atoms with E-state index in [0.717, 1.165) is 70.8 Å². The molecule has 3 aliphatic heterocycles. The summed E-state index contributed by atoms with van der Waals surface area (Å²) in [6, 6.07) is 8.26. The van der Waals surface area contributed by atoms with E-state index < -0.39 is 0 Å². The fourth-order valence-corrected chi connectivity index (χ4v) is 5.50. The Labute approximate surface area is 178 Å². The molecule has 1 aromatic carbocycles. The zero-order valence-corrected chi connectivity index (χ0v) is 18.2. The first-order valence-electron chi connectivity index (χ1n) is 10.9. The number of para-hydroxylation sites is 1. The van der Waals surface area contributed by atoms with Gasteiger partial charge in [-0.2, -0.15) is 0 Å². The maximum absolute atomic E-state index is 13.1. The lowest BCUT2D eigenvalue weighted by Crippen LogP contribution is -2.52. The molecule has 0 radical (unpaired) electrons. The first-order valence-corrected chi connectivity index (χ1v) is 11.8. The van der Waals surface area contributed by atoms with Crippen molar-refractivity contribution in [2.45, 2.75) is 36.3 Å². The number of anilines is 1. The van der Waals surface area contributed by atoms with Gasteiger partial charge in [-0.05, 0) is 31.4 Å². The Kier molecular flexibility index (Phi) is 6.77. The molecular weight excluding hydrogens is 384 g/mol. The van der Waals surface area contributed by atoms with Gasteiger partial charge in [0.25, 0.3) is 0 Å². The van der Waals surface area contributed by atoms with Crippen molar-refractivity contribution in [1.82, 2.24) is 14.7 Å². The number of fused-ring (bicyclic) bond motifs is 1. The second-order valence-electron chi connectivity index (χ2n) is 8.37. The monoisotopic (exact) mass is 416 g/mol. The van der Waals surface area contributed by atoms with Gasteiger partial charge in [0.1, 0.15) is 0 Å². The summed E-state index contributed by atoms with van der Waals surface area (Å²) < 4.78 is 0. The Balaban J connectivity index is 1.29. The second kappa shape index (κ2) is 9.49. The quantitative estimate of drug-likeness (QED) is 0.753. The molecule has 0 saturated carbocycles. The maximum Gasteiger partial charge on any atom is 0.241 e. The van der Waals surface area contributed by atoms with E-state index in [2.05, 4.69) is 34.9 Å². The SMILES string of the molecule is CC1CCN(C(=O)CN2CCN(CC(=O)N3CCCC3)CC2)c2ccccc2S1. The highest BCUT2D eigenvalue weighted by atomic mass is 32.2. The standard InChI is InChI=1S/C22H32N4O2S/c1-18-8-11-26(19-6-2-3-7-20(19)29-18)22(28)17-24-14-12-23(13-15-24)16-21(27)25-9-4-5-10-25/h2-3,6-7,18H,4-5,8-17H2,1H3. The van der Waals surface area contributed by atoms with Crippen molar-refractivity contribution < 1.29 is 9.59 Å². The molecule has 7 heteroatoms. The Morgan fingerprint density at radius 3 is 2.21 bits per heavy atom. The highest BCUT2D eigenvalue weighted by Gasteiger charge is 2.28. The van der Waals surface area contributed by atoms with Crippen molar-refractivity contribution in [2.24, 2.45) is 0 Å². The summed E-state index contributed by atoms with van der Waals surface area (Å²) in [5.74, 6) is 0.452. The molecule has 29 heavy (non-hydrogen) atoms. The van der Waals surface area contributed by atoms with Crippen molar-refractivity contribution in [2.75, 3.05) is 63.8 Å². The maximum atomic E-state index is 13.1. The lowest BCUT2D eigenvalue weighted by atomic mass is 10.2. The van der Waals surface area contributed by atoms with Crippen LogP contribution in [0.2, 0.25) is 0 Å². The molecule has 1 atom stereocenters. The summed E-state index contributed by atoms with van der Waals surface area (Å²) in [5.41, 5.74) is 1.06. The molecule has 0 N–H and O–H groups in total. The van der Waals surface area contributed by atoms with Gasteiger partial charge in [0.15, 0.2) is 0 Å². The summed E-state index contributed by atoms with van der Waals surface area (Å²) in [7, 11) is 0. The van der Waals surface area contributed by atoms with Gasteiger partial charge >= 0.3 is 0 Å². The van der Waals surface area contributed by atoms with Gasteiger partial charge < -0.3 is 9.80 Å². The zero-order chi connectivity index (χ0) is 20.2. The summed E-state index contributed by atoms with van der Waals surface area (Å²) in [4.78, 5) is 35.1. The van der Waals surface area contributed by atoms with Gasteiger partial charge in [-0.25, -0.2) is 0 Å². The molecule has 2 fully saturated rings. The van der Waals surface area contributed by atoms with E-state index in [-0.39, 0.29) is 11.8 Å². The fraction of sp³-hybridized carbons (Fsp3) is 0.636. The van der Waals surface area contributed by atoms with Crippen LogP contribution in [0.25, 0.3) is 0 Å². The third-order valence-corrected chi connectivity index (χ3v) is 7.42. The highest BCUT2D eigenvalue weighted by molar-refractivity contribution is 8.00. The minimum absolute atomic E-state index is 0.189. The van der Waals surface area contributed by atoms with Crippen LogP contribution in [0.5, 0.6) is 0 Å². The van der Waals surface area contributed by atoms with E-state index in [9.17, 15) is 9.59 Å². The van der Waals surface area contributed by atoms with Crippen molar-refractivity contribution in [1.29, 1.82) is 0 Å². The summed E-state index contributed by atoms with van der Waals surface area (Å²) in [6.45, 7) is 9.25. The number of carbonyl (C=O) groups excluding carboxylic acids is 2.